The van der Waals surface area contributed by atoms with Crippen LogP contribution in [0.2, 0.25) is 5.02 Å². The molecule has 0 unspecified atom stereocenters. The molecule has 8 heteroatoms. The van der Waals surface area contributed by atoms with Crippen LogP contribution >= 0.6 is 23.4 Å². The number of hydrogen-bond donors (Lipinski definition) is 2. The van der Waals surface area contributed by atoms with Gasteiger partial charge >= 0.3 is 0 Å². The van der Waals surface area contributed by atoms with Crippen molar-refractivity contribution in [3.05, 3.63) is 58.4 Å². The maximum atomic E-state index is 13.2. The summed E-state index contributed by atoms with van der Waals surface area (Å²) in [5.41, 5.74) is 3.29. The van der Waals surface area contributed by atoms with Gasteiger partial charge in [0.1, 0.15) is 11.1 Å². The summed E-state index contributed by atoms with van der Waals surface area (Å²) in [6.45, 7) is 3.96. The average Bonchev–Trinajstić information content (AvgIpc) is 2.89. The van der Waals surface area contributed by atoms with Gasteiger partial charge in [0, 0.05) is 12.1 Å². The second-order valence-corrected chi connectivity index (χ2v) is 7.84. The zero-order chi connectivity index (χ0) is 19.6. The van der Waals surface area contributed by atoms with E-state index in [4.69, 9.17) is 11.6 Å². The third kappa shape index (κ3) is 5.08. The molecule has 1 aliphatic heterocycles. The van der Waals surface area contributed by atoms with E-state index in [1.165, 1.54) is 30.0 Å². The van der Waals surface area contributed by atoms with Crippen molar-refractivity contribution in [1.82, 2.24) is 5.32 Å². The minimum atomic E-state index is -0.578. The molecule has 5 nitrogen and oxygen atoms in total. The van der Waals surface area contributed by atoms with Gasteiger partial charge in [-0.3, -0.25) is 9.59 Å². The van der Waals surface area contributed by atoms with Gasteiger partial charge in [0.2, 0.25) is 11.8 Å². The van der Waals surface area contributed by atoms with Crippen LogP contribution in [0.1, 0.15) is 17.5 Å². The third-order valence-electron chi connectivity index (χ3n) is 3.79. The lowest BCUT2D eigenvalue weighted by atomic mass is 10.1. The molecule has 0 radical (unpaired) electrons. The molecule has 1 atom stereocenters. The van der Waals surface area contributed by atoms with Crippen LogP contribution in [0.25, 0.3) is 0 Å². The van der Waals surface area contributed by atoms with Gasteiger partial charge in [-0.05, 0) is 55.3 Å². The molecule has 140 valence electrons. The lowest BCUT2D eigenvalue weighted by Crippen LogP contribution is -2.28. The monoisotopic (exact) mass is 405 g/mol. The van der Waals surface area contributed by atoms with E-state index >= 15 is 0 Å². The molecule has 0 aliphatic carbocycles. The predicted molar refractivity (Wildman–Crippen MR) is 107 cm³/mol. The first-order valence-corrected chi connectivity index (χ1v) is 9.45. The molecule has 2 N–H and O–H groups in total. The quantitative estimate of drug-likeness (QED) is 0.794. The highest BCUT2D eigenvalue weighted by atomic mass is 35.5. The van der Waals surface area contributed by atoms with Crippen LogP contribution in [0.3, 0.4) is 0 Å². The third-order valence-corrected chi connectivity index (χ3v) is 5.16. The van der Waals surface area contributed by atoms with Crippen molar-refractivity contribution in [3.63, 3.8) is 0 Å². The van der Waals surface area contributed by atoms with Crippen LogP contribution in [0.15, 0.2) is 41.4 Å². The number of nitrogens with one attached hydrogen (secondary N) is 2. The Labute approximate surface area is 165 Å². The van der Waals surface area contributed by atoms with Crippen molar-refractivity contribution in [2.24, 2.45) is 4.99 Å². The van der Waals surface area contributed by atoms with Crippen LogP contribution in [-0.4, -0.2) is 22.2 Å². The van der Waals surface area contributed by atoms with Crippen LogP contribution in [0, 0.1) is 19.7 Å². The standard InChI is InChI=1S/C19H17ClFN3O2S/c1-10-5-11(2)7-13(6-10)23-19-24-18(26)16(27-19)9-17(25)22-12-3-4-15(21)14(20)8-12/h3-8,16H,9H2,1-2H3,(H,22,25)(H,23,24,26)/t16-/m1/s1. The fourth-order valence-electron chi connectivity index (χ4n) is 2.68. The lowest BCUT2D eigenvalue weighted by Gasteiger charge is -2.08. The summed E-state index contributed by atoms with van der Waals surface area (Å²) in [5.74, 6) is -1.19. The smallest absolute Gasteiger partial charge is 0.240 e. The highest BCUT2D eigenvalue weighted by Gasteiger charge is 2.32. The van der Waals surface area contributed by atoms with Gasteiger partial charge < -0.3 is 10.6 Å². The highest BCUT2D eigenvalue weighted by Crippen LogP contribution is 2.27. The van der Waals surface area contributed by atoms with Crippen molar-refractivity contribution in [3.8, 4) is 0 Å². The molecule has 1 heterocycles. The Balaban J connectivity index is 1.64. The molecule has 1 aliphatic rings. The Morgan fingerprint density at radius 1 is 1.26 bits per heavy atom. The van der Waals surface area contributed by atoms with Crippen LogP contribution in [-0.2, 0) is 9.59 Å². The van der Waals surface area contributed by atoms with Gasteiger partial charge in [0.25, 0.3) is 0 Å². The summed E-state index contributed by atoms with van der Waals surface area (Å²) in [7, 11) is 0. The van der Waals surface area contributed by atoms with Crippen LogP contribution in [0.5, 0.6) is 0 Å². The summed E-state index contributed by atoms with van der Waals surface area (Å²) in [4.78, 5) is 28.8. The van der Waals surface area contributed by atoms with Gasteiger partial charge in [-0.15, -0.1) is 0 Å². The van der Waals surface area contributed by atoms with Crippen molar-refractivity contribution < 1.29 is 14.0 Å². The number of halogens is 2. The Morgan fingerprint density at radius 3 is 2.63 bits per heavy atom. The number of carbonyl (C=O) groups excluding carboxylic acids is 2. The van der Waals surface area contributed by atoms with Crippen LogP contribution < -0.4 is 10.6 Å². The molecule has 0 spiro atoms. The first-order valence-electron chi connectivity index (χ1n) is 8.19. The largest absolute Gasteiger partial charge is 0.326 e. The first kappa shape index (κ1) is 19.4. The molecular formula is C19H17ClFN3O2S. The number of amides is 2. The average molecular weight is 406 g/mol. The van der Waals surface area contributed by atoms with Gasteiger partial charge in [-0.25, -0.2) is 9.38 Å². The number of nitrogens with zero attached hydrogens (tertiary/aromatic N) is 1. The Bertz CT molecular complexity index is 928. The number of hydrogen-bond acceptors (Lipinski definition) is 4. The lowest BCUT2D eigenvalue weighted by molar-refractivity contribution is -0.122. The van der Waals surface area contributed by atoms with E-state index in [0.717, 1.165) is 16.8 Å². The second-order valence-electron chi connectivity index (χ2n) is 6.24. The number of carbonyl (C=O) groups is 2. The fraction of sp³-hybridized carbons (Fsp3) is 0.211. The van der Waals surface area contributed by atoms with E-state index in [2.05, 4.69) is 15.6 Å². The molecule has 2 aromatic rings. The maximum Gasteiger partial charge on any atom is 0.240 e. The molecule has 2 amide bonds. The summed E-state index contributed by atoms with van der Waals surface area (Å²) >= 11 is 6.91. The van der Waals surface area contributed by atoms with E-state index in [1.807, 2.05) is 32.0 Å². The molecular weight excluding hydrogens is 389 g/mol. The van der Waals surface area contributed by atoms with Gasteiger partial charge in [0.15, 0.2) is 5.17 Å². The van der Waals surface area contributed by atoms with Crippen molar-refractivity contribution in [2.45, 2.75) is 25.5 Å². The summed E-state index contributed by atoms with van der Waals surface area (Å²) in [5, 5.41) is 5.12. The predicted octanol–water partition coefficient (Wildman–Crippen LogP) is 4.34. The van der Waals surface area contributed by atoms with Crippen molar-refractivity contribution in [2.75, 3.05) is 5.32 Å². The molecule has 2 aromatic carbocycles. The molecule has 27 heavy (non-hydrogen) atoms. The summed E-state index contributed by atoms with van der Waals surface area (Å²) in [6, 6.07) is 9.79. The molecule has 0 aromatic heterocycles. The number of rotatable bonds is 4. The number of thioether (sulfide) groups is 1. The maximum absolute atomic E-state index is 13.2. The fourth-order valence-corrected chi connectivity index (χ4v) is 3.85. The summed E-state index contributed by atoms with van der Waals surface area (Å²) < 4.78 is 13.2. The Hall–Kier alpha value is -2.38. The Kier molecular flexibility index (Phi) is 5.82. The van der Waals surface area contributed by atoms with Crippen LogP contribution in [0.4, 0.5) is 15.8 Å². The van der Waals surface area contributed by atoms with Crippen molar-refractivity contribution >= 4 is 51.7 Å². The molecule has 1 saturated heterocycles. The zero-order valence-electron chi connectivity index (χ0n) is 14.7. The molecule has 0 bridgehead atoms. The zero-order valence-corrected chi connectivity index (χ0v) is 16.2. The molecule has 1 fully saturated rings. The number of benzene rings is 2. The van der Waals surface area contributed by atoms with E-state index in [1.54, 1.807) is 0 Å². The number of amidine groups is 1. The van der Waals surface area contributed by atoms with Gasteiger partial charge in [0.05, 0.1) is 10.7 Å². The number of aliphatic imine (C=N–C) groups is 1. The van der Waals surface area contributed by atoms with E-state index < -0.39 is 11.1 Å². The highest BCUT2D eigenvalue weighted by molar-refractivity contribution is 8.15. The minimum absolute atomic E-state index is 0.0304. The summed E-state index contributed by atoms with van der Waals surface area (Å²) in [6.07, 6.45) is -0.0304. The first-order chi connectivity index (χ1) is 12.8. The van der Waals surface area contributed by atoms with Crippen molar-refractivity contribution in [1.29, 1.82) is 0 Å². The van der Waals surface area contributed by atoms with E-state index in [-0.39, 0.29) is 23.3 Å². The SMILES string of the molecule is Cc1cc(C)cc(N=C2NC(=O)[C@@H](CC(=O)Nc3ccc(F)c(Cl)c3)S2)c1. The number of aryl methyl sites for hydroxylation is 2. The number of anilines is 1. The normalized spacial score (nSPS) is 17.9. The molecule has 0 saturated carbocycles. The minimum Gasteiger partial charge on any atom is -0.326 e. The topological polar surface area (TPSA) is 70.6 Å². The molecule has 3 rings (SSSR count). The van der Waals surface area contributed by atoms with E-state index in [0.29, 0.717) is 10.9 Å². The van der Waals surface area contributed by atoms with E-state index in [9.17, 15) is 14.0 Å². The van der Waals surface area contributed by atoms with Gasteiger partial charge in [-0.1, -0.05) is 29.4 Å². The second kappa shape index (κ2) is 8.10. The van der Waals surface area contributed by atoms with Gasteiger partial charge in [-0.2, -0.15) is 0 Å². The Morgan fingerprint density at radius 2 is 1.96 bits per heavy atom.